The van der Waals surface area contributed by atoms with Crippen molar-refractivity contribution in [3.05, 3.63) is 28.5 Å². The molecule has 0 spiro atoms. The molecule has 118 valence electrons. The Bertz CT molecular complexity index is 636. The van der Waals surface area contributed by atoms with Gasteiger partial charge in [-0.1, -0.05) is 18.5 Å². The topological polar surface area (TPSA) is 37.4 Å². The first-order valence-electron chi connectivity index (χ1n) is 6.84. The third kappa shape index (κ3) is 3.21. The molecule has 0 N–H and O–H groups in total. The smallest absolute Gasteiger partial charge is 0.207 e. The molecule has 1 fully saturated rings. The van der Waals surface area contributed by atoms with Crippen LogP contribution >= 0.6 is 23.2 Å². The minimum Gasteiger partial charge on any atom is -0.207 e. The van der Waals surface area contributed by atoms with E-state index in [2.05, 4.69) is 0 Å². The van der Waals surface area contributed by atoms with Crippen LogP contribution in [-0.4, -0.2) is 25.3 Å². The Balaban J connectivity index is 2.46. The average molecular weight is 354 g/mol. The average Bonchev–Trinajstić information content (AvgIpc) is 2.44. The zero-order valence-electron chi connectivity index (χ0n) is 11.9. The summed E-state index contributed by atoms with van der Waals surface area (Å²) in [6.45, 7) is 4.36. The molecule has 0 bridgehead atoms. The van der Waals surface area contributed by atoms with Gasteiger partial charge in [0.1, 0.15) is 5.82 Å². The van der Waals surface area contributed by atoms with Crippen LogP contribution in [0.1, 0.15) is 32.3 Å². The summed E-state index contributed by atoms with van der Waals surface area (Å²) in [6, 6.07) is 2.22. The van der Waals surface area contributed by atoms with Crippen molar-refractivity contribution in [2.24, 2.45) is 5.92 Å². The van der Waals surface area contributed by atoms with Crippen LogP contribution in [0.2, 0.25) is 5.02 Å². The molecular weight excluding hydrogens is 336 g/mol. The maximum absolute atomic E-state index is 13.8. The van der Waals surface area contributed by atoms with Gasteiger partial charge in [-0.2, -0.15) is 4.31 Å². The van der Waals surface area contributed by atoms with Crippen molar-refractivity contribution in [2.45, 2.75) is 43.5 Å². The predicted octanol–water partition coefficient (Wildman–Crippen LogP) is 4.03. The van der Waals surface area contributed by atoms with Crippen LogP contribution in [0.15, 0.2) is 17.0 Å². The molecule has 0 aliphatic carbocycles. The third-order valence-electron chi connectivity index (χ3n) is 4.14. The van der Waals surface area contributed by atoms with E-state index >= 15 is 0 Å². The second kappa shape index (κ2) is 6.41. The summed E-state index contributed by atoms with van der Waals surface area (Å²) < 4.78 is 40.8. The number of sulfonamides is 1. The second-order valence-electron chi connectivity index (χ2n) is 5.49. The Hall–Kier alpha value is -0.360. The first-order chi connectivity index (χ1) is 9.78. The SMILES string of the molecule is CC1CCCN(S(=O)(=O)c2cc(F)c(Cl)c(CCl)c2)C1C. The highest BCUT2D eigenvalue weighted by atomic mass is 35.5. The molecule has 2 rings (SSSR count). The molecule has 1 aliphatic rings. The standard InChI is InChI=1S/C14H18Cl2FNO2S/c1-9-4-3-5-18(10(9)2)21(19,20)12-6-11(8-15)14(16)13(17)7-12/h6-7,9-10H,3-5,8H2,1-2H3. The third-order valence-corrected chi connectivity index (χ3v) is 6.82. The number of benzene rings is 1. The number of rotatable bonds is 3. The van der Waals surface area contributed by atoms with Crippen molar-refractivity contribution >= 4 is 33.2 Å². The van der Waals surface area contributed by atoms with E-state index in [1.54, 1.807) is 0 Å². The van der Waals surface area contributed by atoms with E-state index in [4.69, 9.17) is 23.2 Å². The highest BCUT2D eigenvalue weighted by Crippen LogP contribution is 2.31. The molecule has 2 atom stereocenters. The van der Waals surface area contributed by atoms with Gasteiger partial charge < -0.3 is 0 Å². The van der Waals surface area contributed by atoms with Crippen molar-refractivity contribution in [3.63, 3.8) is 0 Å². The molecule has 7 heteroatoms. The van der Waals surface area contributed by atoms with Crippen molar-refractivity contribution in [1.29, 1.82) is 0 Å². The second-order valence-corrected chi connectivity index (χ2v) is 8.02. The molecule has 0 amide bonds. The first kappa shape index (κ1) is 17.0. The Morgan fingerprint density at radius 3 is 2.67 bits per heavy atom. The maximum Gasteiger partial charge on any atom is 0.243 e. The zero-order chi connectivity index (χ0) is 15.8. The molecule has 0 radical (unpaired) electrons. The number of nitrogens with zero attached hydrogens (tertiary/aromatic N) is 1. The lowest BCUT2D eigenvalue weighted by molar-refractivity contribution is 0.202. The highest BCUT2D eigenvalue weighted by Gasteiger charge is 2.35. The summed E-state index contributed by atoms with van der Waals surface area (Å²) in [5, 5.41) is -0.121. The minimum atomic E-state index is -3.74. The number of alkyl halides is 1. The van der Waals surface area contributed by atoms with E-state index in [9.17, 15) is 12.8 Å². The highest BCUT2D eigenvalue weighted by molar-refractivity contribution is 7.89. The quantitative estimate of drug-likeness (QED) is 0.769. The van der Waals surface area contributed by atoms with Gasteiger partial charge in [0.15, 0.2) is 0 Å². The lowest BCUT2D eigenvalue weighted by Gasteiger charge is -2.36. The minimum absolute atomic E-state index is 0.0366. The van der Waals surface area contributed by atoms with Crippen molar-refractivity contribution in [2.75, 3.05) is 6.54 Å². The van der Waals surface area contributed by atoms with Crippen molar-refractivity contribution < 1.29 is 12.8 Å². The van der Waals surface area contributed by atoms with Gasteiger partial charge in [-0.25, -0.2) is 12.8 Å². The van der Waals surface area contributed by atoms with Gasteiger partial charge in [0, 0.05) is 18.5 Å². The molecular formula is C14H18Cl2FNO2S. The molecule has 1 aliphatic heterocycles. The van der Waals surface area contributed by atoms with Crippen LogP contribution in [-0.2, 0) is 15.9 Å². The van der Waals surface area contributed by atoms with Gasteiger partial charge in [-0.05, 0) is 43.4 Å². The summed E-state index contributed by atoms with van der Waals surface area (Å²) in [4.78, 5) is -0.0824. The van der Waals surface area contributed by atoms with Gasteiger partial charge in [-0.3, -0.25) is 0 Å². The molecule has 3 nitrogen and oxygen atoms in total. The van der Waals surface area contributed by atoms with Crippen molar-refractivity contribution in [1.82, 2.24) is 4.31 Å². The molecule has 1 saturated heterocycles. The summed E-state index contributed by atoms with van der Waals surface area (Å²) >= 11 is 11.5. The molecule has 0 aromatic heterocycles. The van der Waals surface area contributed by atoms with Gasteiger partial charge >= 0.3 is 0 Å². The van der Waals surface area contributed by atoms with Gasteiger partial charge in [0.05, 0.1) is 9.92 Å². The lowest BCUT2D eigenvalue weighted by Crippen LogP contribution is -2.45. The Labute approximate surface area is 135 Å². The normalized spacial score (nSPS) is 24.2. The van der Waals surface area contributed by atoms with Crippen LogP contribution < -0.4 is 0 Å². The molecule has 0 saturated carbocycles. The van der Waals surface area contributed by atoms with E-state index in [1.807, 2.05) is 13.8 Å². The van der Waals surface area contributed by atoms with Gasteiger partial charge in [0.2, 0.25) is 10.0 Å². The Morgan fingerprint density at radius 1 is 1.38 bits per heavy atom. The van der Waals surface area contributed by atoms with E-state index in [0.29, 0.717) is 6.54 Å². The van der Waals surface area contributed by atoms with Crippen molar-refractivity contribution in [3.8, 4) is 0 Å². The number of hydrogen-bond donors (Lipinski definition) is 0. The number of hydrogen-bond acceptors (Lipinski definition) is 2. The summed E-state index contributed by atoms with van der Waals surface area (Å²) in [5.74, 6) is -0.519. The molecule has 21 heavy (non-hydrogen) atoms. The molecule has 1 aromatic rings. The number of piperidine rings is 1. The van der Waals surface area contributed by atoms with E-state index in [1.165, 1.54) is 10.4 Å². The maximum atomic E-state index is 13.8. The summed E-state index contributed by atoms with van der Waals surface area (Å²) in [7, 11) is -3.74. The van der Waals surface area contributed by atoms with E-state index in [-0.39, 0.29) is 33.3 Å². The largest absolute Gasteiger partial charge is 0.243 e. The zero-order valence-corrected chi connectivity index (χ0v) is 14.3. The van der Waals surface area contributed by atoms with Crippen LogP contribution in [0.5, 0.6) is 0 Å². The summed E-state index contributed by atoms with van der Waals surface area (Å²) in [5.41, 5.74) is 0.287. The van der Waals surface area contributed by atoms with E-state index < -0.39 is 15.8 Å². The van der Waals surface area contributed by atoms with Gasteiger partial charge in [-0.15, -0.1) is 11.6 Å². The number of halogens is 3. The fourth-order valence-corrected chi connectivity index (χ4v) is 4.92. The van der Waals surface area contributed by atoms with Crippen LogP contribution in [0.25, 0.3) is 0 Å². The first-order valence-corrected chi connectivity index (χ1v) is 9.20. The molecule has 2 unspecified atom stereocenters. The van der Waals surface area contributed by atoms with Crippen LogP contribution in [0.4, 0.5) is 4.39 Å². The monoisotopic (exact) mass is 353 g/mol. The Kier molecular flexibility index (Phi) is 5.19. The van der Waals surface area contributed by atoms with Crippen LogP contribution in [0.3, 0.4) is 0 Å². The molecule has 1 heterocycles. The van der Waals surface area contributed by atoms with E-state index in [0.717, 1.165) is 18.9 Å². The van der Waals surface area contributed by atoms with Crippen LogP contribution in [0, 0.1) is 11.7 Å². The summed E-state index contributed by atoms with van der Waals surface area (Å²) in [6.07, 6.45) is 1.80. The lowest BCUT2D eigenvalue weighted by atomic mass is 9.94. The fourth-order valence-electron chi connectivity index (χ4n) is 2.64. The Morgan fingerprint density at radius 2 is 2.05 bits per heavy atom. The fraction of sp³-hybridized carbons (Fsp3) is 0.571. The molecule has 1 aromatic carbocycles. The van der Waals surface area contributed by atoms with Gasteiger partial charge in [0.25, 0.3) is 0 Å². The predicted molar refractivity (Wildman–Crippen MR) is 82.7 cm³/mol.